The lowest BCUT2D eigenvalue weighted by molar-refractivity contribution is 0.616. The van der Waals surface area contributed by atoms with Crippen molar-refractivity contribution in [2.75, 3.05) is 13.1 Å². The van der Waals surface area contributed by atoms with Gasteiger partial charge in [-0.3, -0.25) is 0 Å². The normalized spacial score (nSPS) is 31.3. The zero-order valence-electron chi connectivity index (χ0n) is 4.48. The average Bonchev–Trinajstić information content (AvgIpc) is 2.14. The second-order valence-electron chi connectivity index (χ2n) is 2.03. The lowest BCUT2D eigenvalue weighted by Gasteiger charge is -2.02. The maximum atomic E-state index is 5.37. The van der Waals surface area contributed by atoms with Gasteiger partial charge in [-0.25, -0.2) is 0 Å². The van der Waals surface area contributed by atoms with Crippen LogP contribution in [0.5, 0.6) is 0 Å². The standard InChI is InChI=1S/C5H12N2/c6-4-5-2-1-3-7-5/h5,7H,1-4,6H2/t5-/m1/s1. The molecule has 2 heteroatoms. The highest BCUT2D eigenvalue weighted by atomic mass is 15.0. The lowest BCUT2D eigenvalue weighted by Crippen LogP contribution is -2.29. The highest BCUT2D eigenvalue weighted by Crippen LogP contribution is 2.01. The molecular formula is C5H12N2. The molecule has 0 saturated carbocycles. The Kier molecular flexibility index (Phi) is 1.65. The minimum Gasteiger partial charge on any atom is -0.329 e. The van der Waals surface area contributed by atoms with Crippen molar-refractivity contribution in [3.63, 3.8) is 0 Å². The van der Waals surface area contributed by atoms with Gasteiger partial charge in [0.15, 0.2) is 0 Å². The van der Waals surface area contributed by atoms with E-state index >= 15 is 0 Å². The number of hydrogen-bond donors (Lipinski definition) is 2. The predicted molar refractivity (Wildman–Crippen MR) is 30.1 cm³/mol. The van der Waals surface area contributed by atoms with E-state index in [0.717, 1.165) is 6.54 Å². The first-order chi connectivity index (χ1) is 3.43. The van der Waals surface area contributed by atoms with Crippen LogP contribution in [0.2, 0.25) is 0 Å². The highest BCUT2D eigenvalue weighted by Gasteiger charge is 2.09. The summed E-state index contributed by atoms with van der Waals surface area (Å²) in [5, 5.41) is 3.28. The van der Waals surface area contributed by atoms with Crippen LogP contribution in [0.25, 0.3) is 0 Å². The molecule has 2 nitrogen and oxygen atoms in total. The molecule has 0 spiro atoms. The summed E-state index contributed by atoms with van der Waals surface area (Å²) in [5.41, 5.74) is 5.37. The molecule has 0 aromatic heterocycles. The Hall–Kier alpha value is -0.0800. The maximum Gasteiger partial charge on any atom is 0.0190 e. The summed E-state index contributed by atoms with van der Waals surface area (Å²) in [6, 6.07) is 0.625. The first-order valence-electron chi connectivity index (χ1n) is 2.87. The van der Waals surface area contributed by atoms with Crippen LogP contribution in [0.15, 0.2) is 0 Å². The second-order valence-corrected chi connectivity index (χ2v) is 2.03. The van der Waals surface area contributed by atoms with Crippen LogP contribution >= 0.6 is 0 Å². The van der Waals surface area contributed by atoms with Crippen molar-refractivity contribution in [3.05, 3.63) is 0 Å². The molecule has 1 fully saturated rings. The van der Waals surface area contributed by atoms with Crippen LogP contribution in [0.1, 0.15) is 12.8 Å². The molecule has 42 valence electrons. The Morgan fingerprint density at radius 1 is 1.71 bits per heavy atom. The van der Waals surface area contributed by atoms with E-state index in [0.29, 0.717) is 6.04 Å². The number of nitrogens with two attached hydrogens (primary N) is 1. The Labute approximate surface area is 44.1 Å². The van der Waals surface area contributed by atoms with Gasteiger partial charge in [0.2, 0.25) is 0 Å². The van der Waals surface area contributed by atoms with E-state index in [2.05, 4.69) is 5.32 Å². The van der Waals surface area contributed by atoms with Crippen LogP contribution in [0, 0.1) is 0 Å². The number of nitrogens with one attached hydrogen (secondary N) is 1. The van der Waals surface area contributed by atoms with Gasteiger partial charge in [0, 0.05) is 12.6 Å². The third-order valence-electron chi connectivity index (χ3n) is 1.45. The summed E-state index contributed by atoms with van der Waals surface area (Å²) >= 11 is 0. The Bertz CT molecular complexity index is 48.0. The Balaban J connectivity index is 2.14. The van der Waals surface area contributed by atoms with Crippen molar-refractivity contribution in [2.45, 2.75) is 18.9 Å². The van der Waals surface area contributed by atoms with E-state index in [-0.39, 0.29) is 0 Å². The quantitative estimate of drug-likeness (QED) is 0.474. The van der Waals surface area contributed by atoms with Gasteiger partial charge in [-0.15, -0.1) is 0 Å². The first-order valence-corrected chi connectivity index (χ1v) is 2.87. The molecule has 1 heterocycles. The fraction of sp³-hybridized carbons (Fsp3) is 1.00. The van der Waals surface area contributed by atoms with E-state index in [4.69, 9.17) is 5.73 Å². The largest absolute Gasteiger partial charge is 0.329 e. The molecule has 1 aliphatic rings. The second kappa shape index (κ2) is 2.28. The molecule has 1 atom stereocenters. The van der Waals surface area contributed by atoms with Gasteiger partial charge in [-0.1, -0.05) is 0 Å². The van der Waals surface area contributed by atoms with Crippen LogP contribution in [0.4, 0.5) is 0 Å². The molecule has 0 amide bonds. The molecule has 3 N–H and O–H groups in total. The van der Waals surface area contributed by atoms with Crippen molar-refractivity contribution in [2.24, 2.45) is 5.73 Å². The summed E-state index contributed by atoms with van der Waals surface area (Å²) in [6.07, 6.45) is 2.58. The Morgan fingerprint density at radius 3 is 2.86 bits per heavy atom. The van der Waals surface area contributed by atoms with E-state index < -0.39 is 0 Å². The van der Waals surface area contributed by atoms with Crippen molar-refractivity contribution in [3.8, 4) is 0 Å². The molecule has 0 aromatic carbocycles. The lowest BCUT2D eigenvalue weighted by atomic mass is 10.2. The molecule has 1 aliphatic heterocycles. The Morgan fingerprint density at radius 2 is 2.57 bits per heavy atom. The summed E-state index contributed by atoms with van der Waals surface area (Å²) < 4.78 is 0. The minimum absolute atomic E-state index is 0.625. The van der Waals surface area contributed by atoms with Gasteiger partial charge in [0.05, 0.1) is 0 Å². The summed E-state index contributed by atoms with van der Waals surface area (Å²) in [4.78, 5) is 0. The molecule has 0 aliphatic carbocycles. The van der Waals surface area contributed by atoms with Crippen molar-refractivity contribution < 1.29 is 0 Å². The molecule has 1 saturated heterocycles. The fourth-order valence-corrected chi connectivity index (χ4v) is 0.958. The average molecular weight is 100 g/mol. The molecule has 0 bridgehead atoms. The van der Waals surface area contributed by atoms with E-state index in [1.165, 1.54) is 19.4 Å². The maximum absolute atomic E-state index is 5.37. The van der Waals surface area contributed by atoms with Gasteiger partial charge in [0.25, 0.3) is 0 Å². The van der Waals surface area contributed by atoms with Crippen LogP contribution < -0.4 is 11.1 Å². The summed E-state index contributed by atoms with van der Waals surface area (Å²) in [5.74, 6) is 0. The summed E-state index contributed by atoms with van der Waals surface area (Å²) in [6.45, 7) is 1.97. The fourth-order valence-electron chi connectivity index (χ4n) is 0.958. The van der Waals surface area contributed by atoms with Crippen LogP contribution in [0.3, 0.4) is 0 Å². The van der Waals surface area contributed by atoms with Crippen molar-refractivity contribution in [1.82, 2.24) is 5.32 Å². The molecule has 7 heavy (non-hydrogen) atoms. The minimum atomic E-state index is 0.625. The summed E-state index contributed by atoms with van der Waals surface area (Å²) in [7, 11) is 0. The monoisotopic (exact) mass is 100 g/mol. The first kappa shape index (κ1) is 5.06. The van der Waals surface area contributed by atoms with Gasteiger partial charge < -0.3 is 11.1 Å². The van der Waals surface area contributed by atoms with Crippen LogP contribution in [-0.4, -0.2) is 19.1 Å². The molecular weight excluding hydrogens is 88.1 g/mol. The van der Waals surface area contributed by atoms with Crippen molar-refractivity contribution in [1.29, 1.82) is 0 Å². The molecule has 0 unspecified atom stereocenters. The van der Waals surface area contributed by atoms with Gasteiger partial charge in [-0.05, 0) is 19.4 Å². The smallest absolute Gasteiger partial charge is 0.0190 e. The molecule has 0 aromatic rings. The van der Waals surface area contributed by atoms with Crippen molar-refractivity contribution >= 4 is 0 Å². The SMILES string of the molecule is NC[C@H]1CCCN1. The van der Waals surface area contributed by atoms with E-state index in [1.54, 1.807) is 0 Å². The predicted octanol–water partition coefficient (Wildman–Crippen LogP) is -0.303. The van der Waals surface area contributed by atoms with Gasteiger partial charge >= 0.3 is 0 Å². The number of hydrogen-bond acceptors (Lipinski definition) is 2. The third kappa shape index (κ3) is 1.14. The van der Waals surface area contributed by atoms with Crippen LogP contribution in [-0.2, 0) is 0 Å². The van der Waals surface area contributed by atoms with E-state index in [9.17, 15) is 0 Å². The molecule has 1 rings (SSSR count). The zero-order valence-corrected chi connectivity index (χ0v) is 4.48. The zero-order chi connectivity index (χ0) is 5.11. The number of rotatable bonds is 1. The molecule has 0 radical (unpaired) electrons. The van der Waals surface area contributed by atoms with Gasteiger partial charge in [-0.2, -0.15) is 0 Å². The topological polar surface area (TPSA) is 38.0 Å². The van der Waals surface area contributed by atoms with E-state index in [1.807, 2.05) is 0 Å². The highest BCUT2D eigenvalue weighted by molar-refractivity contribution is 4.73. The third-order valence-corrected chi connectivity index (χ3v) is 1.45. The van der Waals surface area contributed by atoms with Gasteiger partial charge in [0.1, 0.15) is 0 Å².